The monoisotopic (exact) mass is 822 g/mol. The van der Waals surface area contributed by atoms with Gasteiger partial charge in [0.05, 0.1) is 0 Å². The van der Waals surface area contributed by atoms with Gasteiger partial charge in [-0.25, -0.2) is 0 Å². The molecule has 290 valence electrons. The number of nitrogens with zero attached hydrogens (tertiary/aromatic N) is 4. The fourth-order valence-corrected chi connectivity index (χ4v) is 10.4. The predicted molar refractivity (Wildman–Crippen MR) is 209 cm³/mol. The summed E-state index contributed by atoms with van der Waals surface area (Å²) in [5.41, 5.74) is 5.78. The SMILES string of the molecule is CC(F)(F)F.CC(F)(F)F.N#CC(C#N)=C1/C(=C/c2cc3c(s2)-c2sc(/C=C4\C(=O)c5ccccc5C4=C(C#N)C#N)cc2C32CCCCC2)C(=O)c2ccccc21. The zero-order chi connectivity index (χ0) is 42.2. The number of thiophene rings is 2. The molecule has 8 rings (SSSR count). The minimum absolute atomic E-state index is 0.0846. The molecule has 2 aromatic heterocycles. The number of carbonyl (C=O) groups excluding carboxylic acids is 2. The summed E-state index contributed by atoms with van der Waals surface area (Å²) in [5, 5.41) is 39.1. The maximum Gasteiger partial charge on any atom is 0.386 e. The van der Waals surface area contributed by atoms with E-state index in [0.29, 0.717) is 44.5 Å². The first-order valence-electron chi connectivity index (χ1n) is 17.7. The first-order valence-corrected chi connectivity index (χ1v) is 19.3. The Labute approximate surface area is 337 Å². The molecule has 4 aliphatic rings. The zero-order valence-corrected chi connectivity index (χ0v) is 32.3. The lowest BCUT2D eigenvalue weighted by Crippen LogP contribution is -2.27. The van der Waals surface area contributed by atoms with E-state index in [4.69, 9.17) is 0 Å². The molecule has 1 saturated carbocycles. The molecule has 1 spiro atoms. The second-order valence-electron chi connectivity index (χ2n) is 13.8. The number of hydrogen-bond acceptors (Lipinski definition) is 8. The maximum atomic E-state index is 13.6. The molecular formula is C44H28F6N4O2S2. The fraction of sp³-hybridized carbons (Fsp3) is 0.227. The van der Waals surface area contributed by atoms with Crippen LogP contribution in [0.25, 0.3) is 33.1 Å². The molecule has 0 atom stereocenters. The molecule has 0 unspecified atom stereocenters. The normalized spacial score (nSPS) is 17.1. The van der Waals surface area contributed by atoms with Crippen molar-refractivity contribution in [1.29, 1.82) is 21.0 Å². The van der Waals surface area contributed by atoms with Crippen LogP contribution in [0.5, 0.6) is 0 Å². The fourth-order valence-electron chi connectivity index (χ4n) is 7.83. The van der Waals surface area contributed by atoms with Crippen LogP contribution < -0.4 is 0 Å². The lowest BCUT2D eigenvalue weighted by molar-refractivity contribution is -0.111. The summed E-state index contributed by atoms with van der Waals surface area (Å²) >= 11 is 3.20. The summed E-state index contributed by atoms with van der Waals surface area (Å²) < 4.78 is 62.1. The Hall–Kier alpha value is -6.32. The lowest BCUT2D eigenvalue weighted by atomic mass is 9.68. The van der Waals surface area contributed by atoms with Crippen LogP contribution in [-0.2, 0) is 5.41 Å². The molecular weight excluding hydrogens is 795 g/mol. The minimum Gasteiger partial charge on any atom is -0.289 e. The van der Waals surface area contributed by atoms with Crippen LogP contribution in [-0.4, -0.2) is 23.9 Å². The van der Waals surface area contributed by atoms with Gasteiger partial charge in [-0.3, -0.25) is 9.59 Å². The predicted octanol–water partition coefficient (Wildman–Crippen LogP) is 12.3. The number of fused-ring (bicyclic) bond motifs is 7. The van der Waals surface area contributed by atoms with Crippen molar-refractivity contribution >= 4 is 57.5 Å². The third kappa shape index (κ3) is 7.95. The Morgan fingerprint density at radius 1 is 0.603 bits per heavy atom. The van der Waals surface area contributed by atoms with Gasteiger partial charge in [0.15, 0.2) is 11.6 Å². The standard InChI is InChI=1S/C40H22N4O2S2.2C2H3F3/c41-18-22(19-42)34-26-8-2-4-10-28(26)36(45)30(34)14-24-16-32-38(47-24)39-33(40(32)12-6-1-7-13-40)17-25(48-39)15-31-35(23(20-43)21-44)27-9-3-5-11-29(27)37(31)46;2*1-2(3,4)5/h2-5,8-11,14-17H,1,6-7,12-13H2;2*1H3/b30-14-,31-15-;;. The number of allylic oxidation sites excluding steroid dienone is 6. The average molecular weight is 823 g/mol. The van der Waals surface area contributed by atoms with E-state index in [1.807, 2.05) is 36.4 Å². The van der Waals surface area contributed by atoms with Gasteiger partial charge in [-0.05, 0) is 59.4 Å². The molecule has 0 N–H and O–H groups in total. The topological polar surface area (TPSA) is 129 Å². The van der Waals surface area contributed by atoms with Gasteiger partial charge in [0, 0.05) is 72.2 Å². The number of nitriles is 4. The summed E-state index contributed by atoms with van der Waals surface area (Å²) in [4.78, 5) is 31.3. The summed E-state index contributed by atoms with van der Waals surface area (Å²) in [6.45, 7) is 0.375. The highest BCUT2D eigenvalue weighted by atomic mass is 32.1. The first-order chi connectivity index (χ1) is 27.4. The summed E-state index contributed by atoms with van der Waals surface area (Å²) in [6.07, 6.45) is 0.958. The van der Waals surface area contributed by atoms with Gasteiger partial charge in [-0.2, -0.15) is 47.4 Å². The van der Waals surface area contributed by atoms with Gasteiger partial charge in [-0.1, -0.05) is 67.8 Å². The highest BCUT2D eigenvalue weighted by Gasteiger charge is 2.47. The third-order valence-corrected chi connectivity index (χ3v) is 12.2. The summed E-state index contributed by atoms with van der Waals surface area (Å²) in [5.74, 6) is -0.397. The van der Waals surface area contributed by atoms with Gasteiger partial charge >= 0.3 is 12.4 Å². The van der Waals surface area contributed by atoms with E-state index in [9.17, 15) is 57.0 Å². The molecule has 0 radical (unpaired) electrons. The average Bonchev–Trinajstić information content (AvgIpc) is 3.95. The van der Waals surface area contributed by atoms with E-state index in [0.717, 1.165) is 51.6 Å². The number of alkyl halides is 6. The highest BCUT2D eigenvalue weighted by Crippen LogP contribution is 2.61. The van der Waals surface area contributed by atoms with Gasteiger partial charge in [0.2, 0.25) is 0 Å². The first kappa shape index (κ1) is 41.3. The number of halogens is 6. The van der Waals surface area contributed by atoms with E-state index in [2.05, 4.69) is 12.1 Å². The Balaban J connectivity index is 0.000000509. The van der Waals surface area contributed by atoms with E-state index in [1.54, 1.807) is 71.2 Å². The van der Waals surface area contributed by atoms with Crippen LogP contribution >= 0.6 is 22.7 Å². The molecule has 4 aliphatic carbocycles. The smallest absolute Gasteiger partial charge is 0.289 e. The third-order valence-electron chi connectivity index (χ3n) is 9.88. The number of hydrogen-bond donors (Lipinski definition) is 0. The van der Waals surface area contributed by atoms with Crippen molar-refractivity contribution < 1.29 is 35.9 Å². The second kappa shape index (κ2) is 15.9. The Kier molecular flexibility index (Phi) is 11.3. The van der Waals surface area contributed by atoms with Crippen molar-refractivity contribution in [3.05, 3.63) is 126 Å². The molecule has 6 nitrogen and oxygen atoms in total. The van der Waals surface area contributed by atoms with Crippen molar-refractivity contribution in [1.82, 2.24) is 0 Å². The van der Waals surface area contributed by atoms with Crippen LogP contribution in [0.4, 0.5) is 26.3 Å². The van der Waals surface area contributed by atoms with Crippen molar-refractivity contribution in [2.75, 3.05) is 0 Å². The molecule has 2 heterocycles. The van der Waals surface area contributed by atoms with E-state index >= 15 is 0 Å². The van der Waals surface area contributed by atoms with E-state index in [1.165, 1.54) is 11.1 Å². The molecule has 58 heavy (non-hydrogen) atoms. The molecule has 14 heteroatoms. The number of rotatable bonds is 2. The highest BCUT2D eigenvalue weighted by molar-refractivity contribution is 7.23. The van der Waals surface area contributed by atoms with Crippen molar-refractivity contribution in [2.45, 2.75) is 63.7 Å². The second-order valence-corrected chi connectivity index (χ2v) is 16.0. The number of Topliss-reactive ketones (excluding diaryl/α,β-unsaturated/α-hetero) is 2. The minimum atomic E-state index is -4.00. The number of carbonyl (C=O) groups is 2. The number of ketones is 2. The van der Waals surface area contributed by atoms with Crippen molar-refractivity contribution in [3.63, 3.8) is 0 Å². The molecule has 4 aromatic rings. The van der Waals surface area contributed by atoms with Gasteiger partial charge in [0.25, 0.3) is 0 Å². The molecule has 0 bridgehead atoms. The summed E-state index contributed by atoms with van der Waals surface area (Å²) in [6, 6.07) is 26.5. The van der Waals surface area contributed by atoms with Crippen LogP contribution in [0, 0.1) is 45.3 Å². The van der Waals surface area contributed by atoms with Crippen LogP contribution in [0.1, 0.15) is 98.7 Å². The Bertz CT molecular complexity index is 2470. The van der Waals surface area contributed by atoms with Gasteiger partial charge in [-0.15, -0.1) is 22.7 Å². The molecule has 0 saturated heterocycles. The van der Waals surface area contributed by atoms with Gasteiger partial charge in [0.1, 0.15) is 35.4 Å². The van der Waals surface area contributed by atoms with E-state index in [-0.39, 0.29) is 42.0 Å². The van der Waals surface area contributed by atoms with Crippen molar-refractivity contribution in [3.8, 4) is 34.0 Å². The lowest BCUT2D eigenvalue weighted by Gasteiger charge is -2.34. The Morgan fingerprint density at radius 3 is 1.26 bits per heavy atom. The quantitative estimate of drug-likeness (QED) is 0.112. The molecule has 1 fully saturated rings. The largest absolute Gasteiger partial charge is 0.386 e. The van der Waals surface area contributed by atoms with Crippen LogP contribution in [0.2, 0.25) is 0 Å². The molecule has 2 aromatic carbocycles. The summed E-state index contributed by atoms with van der Waals surface area (Å²) in [7, 11) is 0. The molecule has 0 aliphatic heterocycles. The zero-order valence-electron chi connectivity index (χ0n) is 30.7. The van der Waals surface area contributed by atoms with Crippen LogP contribution in [0.3, 0.4) is 0 Å². The maximum absolute atomic E-state index is 13.6. The molecule has 0 amide bonds. The van der Waals surface area contributed by atoms with Crippen LogP contribution in [0.15, 0.2) is 83.0 Å². The van der Waals surface area contributed by atoms with Crippen molar-refractivity contribution in [2.24, 2.45) is 0 Å². The van der Waals surface area contributed by atoms with E-state index < -0.39 is 12.4 Å². The van der Waals surface area contributed by atoms with Gasteiger partial charge < -0.3 is 0 Å². The number of benzene rings is 2. The Morgan fingerprint density at radius 2 is 0.931 bits per heavy atom.